The van der Waals surface area contributed by atoms with E-state index >= 15 is 0 Å². The average Bonchev–Trinajstić information content (AvgIpc) is 3.63. The molecule has 0 radical (unpaired) electrons. The zero-order chi connectivity index (χ0) is 23.6. The molecular formula is C25H24N8OS. The molecule has 1 amide bonds. The van der Waals surface area contributed by atoms with E-state index in [1.807, 2.05) is 51.2 Å². The Bertz CT molecular complexity index is 1500. The van der Waals surface area contributed by atoms with E-state index in [1.165, 1.54) is 0 Å². The summed E-state index contributed by atoms with van der Waals surface area (Å²) >= 11 is 1.63. The molecule has 1 aromatic carbocycles. The third-order valence-corrected chi connectivity index (χ3v) is 6.78. The van der Waals surface area contributed by atoms with Crippen LogP contribution in [-0.2, 0) is 4.79 Å². The third-order valence-electron chi connectivity index (χ3n) is 6.11. The van der Waals surface area contributed by atoms with E-state index in [0.29, 0.717) is 30.2 Å². The number of rotatable bonds is 8. The Morgan fingerprint density at radius 1 is 1.11 bits per heavy atom. The fourth-order valence-corrected chi connectivity index (χ4v) is 4.99. The number of fused-ring (bicyclic) bond motifs is 2. The molecule has 5 heterocycles. The number of anilines is 3. The predicted molar refractivity (Wildman–Crippen MR) is 138 cm³/mol. The average molecular weight is 485 g/mol. The quantitative estimate of drug-likeness (QED) is 0.311. The van der Waals surface area contributed by atoms with Crippen molar-refractivity contribution < 1.29 is 4.79 Å². The fourth-order valence-electron chi connectivity index (χ4n) is 4.36. The number of aromatic nitrogens is 5. The molecule has 1 fully saturated rings. The number of hydrogen-bond donors (Lipinski definition) is 2. The number of carbonyl (C=O) groups excluding carboxylic acids is 1. The van der Waals surface area contributed by atoms with Gasteiger partial charge in [-0.2, -0.15) is 21.3 Å². The molecule has 6 rings (SSSR count). The number of imidazole rings is 1. The lowest BCUT2D eigenvalue weighted by Crippen LogP contribution is -2.27. The van der Waals surface area contributed by atoms with Crippen LogP contribution < -0.4 is 10.6 Å². The largest absolute Gasteiger partial charge is 0.368 e. The summed E-state index contributed by atoms with van der Waals surface area (Å²) in [6.07, 6.45) is 6.03. The Kier molecular flexibility index (Phi) is 5.71. The first-order chi connectivity index (χ1) is 17.2. The van der Waals surface area contributed by atoms with Gasteiger partial charge in [-0.15, -0.1) is 0 Å². The maximum atomic E-state index is 11.9. The van der Waals surface area contributed by atoms with Crippen molar-refractivity contribution in [2.24, 2.45) is 0 Å². The summed E-state index contributed by atoms with van der Waals surface area (Å²) in [5, 5.41) is 11.9. The minimum absolute atomic E-state index is 0.251. The monoisotopic (exact) mass is 484 g/mol. The lowest BCUT2D eigenvalue weighted by atomic mass is 10.2. The van der Waals surface area contributed by atoms with Crippen molar-refractivity contribution in [1.29, 1.82) is 0 Å². The van der Waals surface area contributed by atoms with Crippen molar-refractivity contribution in [3.63, 3.8) is 0 Å². The van der Waals surface area contributed by atoms with Crippen molar-refractivity contribution in [3.05, 3.63) is 59.7 Å². The van der Waals surface area contributed by atoms with Crippen LogP contribution in [-0.4, -0.2) is 54.9 Å². The lowest BCUT2D eigenvalue weighted by molar-refractivity contribution is -0.127. The second-order valence-corrected chi connectivity index (χ2v) is 9.24. The highest BCUT2D eigenvalue weighted by molar-refractivity contribution is 7.08. The molecule has 1 aliphatic rings. The molecule has 9 nitrogen and oxygen atoms in total. The molecule has 176 valence electrons. The Labute approximate surface area is 205 Å². The molecule has 0 aliphatic carbocycles. The van der Waals surface area contributed by atoms with Crippen LogP contribution in [0.15, 0.2) is 59.7 Å². The smallest absolute Gasteiger partial charge is 0.231 e. The molecule has 0 saturated carbocycles. The van der Waals surface area contributed by atoms with Crippen molar-refractivity contribution >= 4 is 56.8 Å². The van der Waals surface area contributed by atoms with E-state index in [1.54, 1.807) is 23.9 Å². The number of likely N-dealkylation sites (tertiary alicyclic amines) is 1. The molecule has 0 spiro atoms. The molecule has 1 saturated heterocycles. The molecule has 0 atom stereocenters. The number of pyridine rings is 1. The van der Waals surface area contributed by atoms with Gasteiger partial charge in [0.15, 0.2) is 17.0 Å². The minimum Gasteiger partial charge on any atom is -0.368 e. The van der Waals surface area contributed by atoms with E-state index in [2.05, 4.69) is 26.0 Å². The minimum atomic E-state index is 0.251. The highest BCUT2D eigenvalue weighted by atomic mass is 32.1. The van der Waals surface area contributed by atoms with Crippen LogP contribution in [0.2, 0.25) is 0 Å². The molecule has 2 N–H and O–H groups in total. The van der Waals surface area contributed by atoms with E-state index in [0.717, 1.165) is 53.9 Å². The van der Waals surface area contributed by atoms with Gasteiger partial charge in [0.05, 0.1) is 11.2 Å². The molecule has 10 heteroatoms. The number of nitrogens with zero attached hydrogens (tertiary/aromatic N) is 6. The number of nitrogens with one attached hydrogen (secondary N) is 2. The van der Waals surface area contributed by atoms with E-state index in [9.17, 15) is 4.79 Å². The fraction of sp³-hybridized carbons (Fsp3) is 0.240. The number of thiophene rings is 1. The van der Waals surface area contributed by atoms with Crippen LogP contribution in [0.5, 0.6) is 0 Å². The summed E-state index contributed by atoms with van der Waals surface area (Å²) in [6, 6.07) is 12.0. The van der Waals surface area contributed by atoms with Gasteiger partial charge in [0.1, 0.15) is 6.33 Å². The van der Waals surface area contributed by atoms with Gasteiger partial charge in [0.25, 0.3) is 0 Å². The zero-order valence-corrected chi connectivity index (χ0v) is 19.8. The first kappa shape index (κ1) is 21.5. The number of hydrogen-bond acceptors (Lipinski definition) is 8. The topological polar surface area (TPSA) is 101 Å². The SMILES string of the molecule is O=C1CCCN1CCCNc1nc(Nc2ccc3ncccc3c2)nc2c1ncn2-c1ccsc1. The summed E-state index contributed by atoms with van der Waals surface area (Å²) in [5.41, 5.74) is 4.26. The maximum Gasteiger partial charge on any atom is 0.231 e. The third kappa shape index (κ3) is 4.40. The van der Waals surface area contributed by atoms with E-state index in [-0.39, 0.29) is 5.91 Å². The second-order valence-electron chi connectivity index (χ2n) is 8.46. The van der Waals surface area contributed by atoms with Gasteiger partial charge < -0.3 is 15.5 Å². The molecule has 4 aromatic heterocycles. The first-order valence-corrected chi connectivity index (χ1v) is 12.6. The van der Waals surface area contributed by atoms with Crippen LogP contribution in [0, 0.1) is 0 Å². The lowest BCUT2D eigenvalue weighted by Gasteiger charge is -2.15. The van der Waals surface area contributed by atoms with Crippen molar-refractivity contribution in [1.82, 2.24) is 29.4 Å². The summed E-state index contributed by atoms with van der Waals surface area (Å²) in [6.45, 7) is 2.29. The second kappa shape index (κ2) is 9.30. The molecule has 1 aliphatic heterocycles. The molecule has 0 bridgehead atoms. The Morgan fingerprint density at radius 2 is 2.09 bits per heavy atom. The van der Waals surface area contributed by atoms with Gasteiger partial charge in [-0.25, -0.2) is 4.98 Å². The molecule has 5 aromatic rings. The molecular weight excluding hydrogens is 460 g/mol. The van der Waals surface area contributed by atoms with Crippen molar-refractivity contribution in [2.75, 3.05) is 30.3 Å². The van der Waals surface area contributed by atoms with Crippen LogP contribution in [0.25, 0.3) is 27.8 Å². The Hall–Kier alpha value is -4.05. The van der Waals surface area contributed by atoms with Crippen LogP contribution >= 0.6 is 11.3 Å². The summed E-state index contributed by atoms with van der Waals surface area (Å²) in [4.78, 5) is 32.4. The number of carbonyl (C=O) groups is 1. The Balaban J connectivity index is 1.29. The van der Waals surface area contributed by atoms with Crippen LogP contribution in [0.1, 0.15) is 19.3 Å². The van der Waals surface area contributed by atoms with Gasteiger partial charge in [-0.3, -0.25) is 14.3 Å². The standard InChI is InChI=1S/C25H24N8OS/c34-21-5-2-11-32(21)12-3-10-27-23-22-24(33(16-28-22)19-8-13-35-15-19)31-25(30-23)29-18-6-7-20-17(14-18)4-1-9-26-20/h1,4,6-9,13-16H,2-3,5,10-12H2,(H2,27,29,30,31). The van der Waals surface area contributed by atoms with Gasteiger partial charge in [-0.05, 0) is 48.6 Å². The van der Waals surface area contributed by atoms with E-state index in [4.69, 9.17) is 9.97 Å². The van der Waals surface area contributed by atoms with Crippen LogP contribution in [0.3, 0.4) is 0 Å². The summed E-state index contributed by atoms with van der Waals surface area (Å²) in [7, 11) is 0. The van der Waals surface area contributed by atoms with Crippen LogP contribution in [0.4, 0.5) is 17.5 Å². The van der Waals surface area contributed by atoms with Gasteiger partial charge in [0, 0.05) is 48.7 Å². The Morgan fingerprint density at radius 3 is 2.94 bits per heavy atom. The molecule has 0 unspecified atom stereocenters. The van der Waals surface area contributed by atoms with E-state index < -0.39 is 0 Å². The first-order valence-electron chi connectivity index (χ1n) is 11.7. The maximum absolute atomic E-state index is 11.9. The molecule has 35 heavy (non-hydrogen) atoms. The highest BCUT2D eigenvalue weighted by Gasteiger charge is 2.19. The van der Waals surface area contributed by atoms with Gasteiger partial charge in [-0.1, -0.05) is 6.07 Å². The van der Waals surface area contributed by atoms with Gasteiger partial charge >= 0.3 is 0 Å². The summed E-state index contributed by atoms with van der Waals surface area (Å²) < 4.78 is 1.97. The van der Waals surface area contributed by atoms with Crippen molar-refractivity contribution in [3.8, 4) is 5.69 Å². The van der Waals surface area contributed by atoms with Crippen molar-refractivity contribution in [2.45, 2.75) is 19.3 Å². The number of benzene rings is 1. The zero-order valence-electron chi connectivity index (χ0n) is 19.0. The summed E-state index contributed by atoms with van der Waals surface area (Å²) in [5.74, 6) is 1.40. The normalized spacial score (nSPS) is 13.7. The van der Waals surface area contributed by atoms with Gasteiger partial charge in [0.2, 0.25) is 11.9 Å². The predicted octanol–water partition coefficient (Wildman–Crippen LogP) is 4.59. The highest BCUT2D eigenvalue weighted by Crippen LogP contribution is 2.27. The number of amides is 1.